The Balaban J connectivity index is 1.74. The third-order valence-corrected chi connectivity index (χ3v) is 5.78. The second-order valence-corrected chi connectivity index (χ2v) is 8.38. The first kappa shape index (κ1) is 19.9. The molecule has 0 spiro atoms. The molecule has 1 amide bonds. The standard InChI is InChI=1S/C21H19ClN2O3S/c1-15-5-2-3-8-20(15)24-28(26,27)19-7-4-6-17(13-19)21(25)23-14-16-9-11-18(22)12-10-16/h2-13,24H,14H2,1H3,(H,23,25). The molecule has 0 atom stereocenters. The molecule has 0 aromatic heterocycles. The van der Waals surface area contributed by atoms with Gasteiger partial charge in [-0.3, -0.25) is 9.52 Å². The van der Waals surface area contributed by atoms with E-state index >= 15 is 0 Å². The van der Waals surface area contributed by atoms with Crippen LogP contribution in [0.15, 0.2) is 77.7 Å². The Hall–Kier alpha value is -2.83. The van der Waals surface area contributed by atoms with Crippen molar-refractivity contribution in [2.75, 3.05) is 4.72 Å². The van der Waals surface area contributed by atoms with Crippen LogP contribution in [0.2, 0.25) is 5.02 Å². The summed E-state index contributed by atoms with van der Waals surface area (Å²) in [5, 5.41) is 3.39. The number of hydrogen-bond acceptors (Lipinski definition) is 3. The molecule has 5 nitrogen and oxygen atoms in total. The molecule has 0 heterocycles. The van der Waals surface area contributed by atoms with Crippen LogP contribution in [-0.4, -0.2) is 14.3 Å². The van der Waals surface area contributed by atoms with Gasteiger partial charge in [0, 0.05) is 17.1 Å². The summed E-state index contributed by atoms with van der Waals surface area (Å²) >= 11 is 5.85. The van der Waals surface area contributed by atoms with Crippen molar-refractivity contribution in [2.24, 2.45) is 0 Å². The van der Waals surface area contributed by atoms with E-state index in [4.69, 9.17) is 11.6 Å². The lowest BCUT2D eigenvalue weighted by molar-refractivity contribution is 0.0950. The smallest absolute Gasteiger partial charge is 0.261 e. The molecule has 0 fully saturated rings. The number of hydrogen-bond donors (Lipinski definition) is 2. The molecule has 2 N–H and O–H groups in total. The number of amides is 1. The molecule has 0 saturated heterocycles. The molecule has 144 valence electrons. The van der Waals surface area contributed by atoms with Gasteiger partial charge in [-0.2, -0.15) is 0 Å². The molecule has 7 heteroatoms. The van der Waals surface area contributed by atoms with Gasteiger partial charge in [0.15, 0.2) is 0 Å². The van der Waals surface area contributed by atoms with Crippen molar-refractivity contribution >= 4 is 33.2 Å². The van der Waals surface area contributed by atoms with E-state index in [1.165, 1.54) is 12.1 Å². The number of carbonyl (C=O) groups is 1. The predicted molar refractivity (Wildman–Crippen MR) is 111 cm³/mol. The third-order valence-electron chi connectivity index (χ3n) is 4.16. The maximum absolute atomic E-state index is 12.7. The molecule has 0 aliphatic heterocycles. The van der Waals surface area contributed by atoms with Crippen LogP contribution in [0.4, 0.5) is 5.69 Å². The summed E-state index contributed by atoms with van der Waals surface area (Å²) < 4.78 is 27.9. The molecule has 28 heavy (non-hydrogen) atoms. The number of carbonyl (C=O) groups excluding carboxylic acids is 1. The molecule has 3 rings (SSSR count). The van der Waals surface area contributed by atoms with Crippen LogP contribution in [0.5, 0.6) is 0 Å². The topological polar surface area (TPSA) is 75.3 Å². The zero-order chi connectivity index (χ0) is 20.1. The van der Waals surface area contributed by atoms with Crippen LogP contribution >= 0.6 is 11.6 Å². The molecule has 0 saturated carbocycles. The highest BCUT2D eigenvalue weighted by molar-refractivity contribution is 7.92. The van der Waals surface area contributed by atoms with Crippen molar-refractivity contribution in [3.63, 3.8) is 0 Å². The fraction of sp³-hybridized carbons (Fsp3) is 0.0952. The van der Waals surface area contributed by atoms with Gasteiger partial charge in [0.25, 0.3) is 15.9 Å². The summed E-state index contributed by atoms with van der Waals surface area (Å²) in [6.07, 6.45) is 0. The van der Waals surface area contributed by atoms with Crippen LogP contribution in [0, 0.1) is 6.92 Å². The zero-order valence-corrected chi connectivity index (χ0v) is 16.7. The number of benzene rings is 3. The summed E-state index contributed by atoms with van der Waals surface area (Å²) in [5.41, 5.74) is 2.47. The summed E-state index contributed by atoms with van der Waals surface area (Å²) in [6.45, 7) is 2.13. The second-order valence-electron chi connectivity index (χ2n) is 6.26. The molecule has 0 radical (unpaired) electrons. The molecule has 0 unspecified atom stereocenters. The van der Waals surface area contributed by atoms with Crippen molar-refractivity contribution < 1.29 is 13.2 Å². The van der Waals surface area contributed by atoms with Gasteiger partial charge in [-0.1, -0.05) is 48.0 Å². The fourth-order valence-electron chi connectivity index (χ4n) is 2.58. The highest BCUT2D eigenvalue weighted by atomic mass is 35.5. The maximum atomic E-state index is 12.7. The van der Waals surface area contributed by atoms with Crippen LogP contribution in [-0.2, 0) is 16.6 Å². The van der Waals surface area contributed by atoms with Crippen LogP contribution in [0.1, 0.15) is 21.5 Å². The summed E-state index contributed by atoms with van der Waals surface area (Å²) in [4.78, 5) is 12.4. The SMILES string of the molecule is Cc1ccccc1NS(=O)(=O)c1cccc(C(=O)NCc2ccc(Cl)cc2)c1. The Morgan fingerprint density at radius 3 is 2.39 bits per heavy atom. The number of sulfonamides is 1. The third kappa shape index (κ3) is 4.91. The molecular formula is C21H19ClN2O3S. The summed E-state index contributed by atoms with van der Waals surface area (Å²) in [6, 6.07) is 20.1. The maximum Gasteiger partial charge on any atom is 0.261 e. The first-order chi connectivity index (χ1) is 13.3. The minimum atomic E-state index is -3.81. The van der Waals surface area contributed by atoms with Gasteiger partial charge in [0.05, 0.1) is 10.6 Å². The van der Waals surface area contributed by atoms with Gasteiger partial charge in [0.1, 0.15) is 0 Å². The van der Waals surface area contributed by atoms with E-state index in [-0.39, 0.29) is 16.4 Å². The van der Waals surface area contributed by atoms with Gasteiger partial charge in [-0.15, -0.1) is 0 Å². The van der Waals surface area contributed by atoms with Crippen LogP contribution in [0.3, 0.4) is 0 Å². The van der Waals surface area contributed by atoms with Crippen molar-refractivity contribution in [3.05, 3.63) is 94.5 Å². The highest BCUT2D eigenvalue weighted by Crippen LogP contribution is 2.20. The number of nitrogens with one attached hydrogen (secondary N) is 2. The van der Waals surface area contributed by atoms with Gasteiger partial charge in [0.2, 0.25) is 0 Å². The second kappa shape index (κ2) is 8.46. The van der Waals surface area contributed by atoms with E-state index in [1.807, 2.05) is 31.2 Å². The van der Waals surface area contributed by atoms with Crippen LogP contribution < -0.4 is 10.0 Å². The predicted octanol–water partition coefficient (Wildman–Crippen LogP) is 4.38. The number of para-hydroxylation sites is 1. The zero-order valence-electron chi connectivity index (χ0n) is 15.1. The Labute approximate surface area is 169 Å². The van der Waals surface area contributed by atoms with Gasteiger partial charge in [-0.25, -0.2) is 8.42 Å². The van der Waals surface area contributed by atoms with E-state index in [0.29, 0.717) is 17.3 Å². The van der Waals surface area contributed by atoms with E-state index in [9.17, 15) is 13.2 Å². The summed E-state index contributed by atoms with van der Waals surface area (Å²) in [7, 11) is -3.81. The monoisotopic (exact) mass is 414 g/mol. The van der Waals surface area contributed by atoms with Crippen molar-refractivity contribution in [1.82, 2.24) is 5.32 Å². The Morgan fingerprint density at radius 1 is 0.964 bits per heavy atom. The van der Waals surface area contributed by atoms with Crippen molar-refractivity contribution in [3.8, 4) is 0 Å². The molecule has 3 aromatic carbocycles. The molecule has 0 aliphatic carbocycles. The normalized spacial score (nSPS) is 11.1. The molecule has 0 bridgehead atoms. The van der Waals surface area contributed by atoms with Gasteiger partial charge >= 0.3 is 0 Å². The van der Waals surface area contributed by atoms with Gasteiger partial charge < -0.3 is 5.32 Å². The number of aryl methyl sites for hydroxylation is 1. The van der Waals surface area contributed by atoms with Gasteiger partial charge in [-0.05, 0) is 54.4 Å². The Bertz CT molecular complexity index is 1100. The van der Waals surface area contributed by atoms with E-state index in [0.717, 1.165) is 11.1 Å². The number of rotatable bonds is 6. The van der Waals surface area contributed by atoms with Crippen molar-refractivity contribution in [1.29, 1.82) is 0 Å². The minimum Gasteiger partial charge on any atom is -0.348 e. The Morgan fingerprint density at radius 2 is 1.68 bits per heavy atom. The van der Waals surface area contributed by atoms with E-state index in [1.54, 1.807) is 36.4 Å². The lowest BCUT2D eigenvalue weighted by Gasteiger charge is -2.11. The van der Waals surface area contributed by atoms with Crippen molar-refractivity contribution in [2.45, 2.75) is 18.4 Å². The molecule has 3 aromatic rings. The fourth-order valence-corrected chi connectivity index (χ4v) is 3.88. The largest absolute Gasteiger partial charge is 0.348 e. The van der Waals surface area contributed by atoms with Crippen LogP contribution in [0.25, 0.3) is 0 Å². The lowest BCUT2D eigenvalue weighted by Crippen LogP contribution is -2.23. The number of halogens is 1. The average molecular weight is 415 g/mol. The quantitative estimate of drug-likeness (QED) is 0.628. The summed E-state index contributed by atoms with van der Waals surface area (Å²) in [5.74, 6) is -0.358. The number of anilines is 1. The highest BCUT2D eigenvalue weighted by Gasteiger charge is 2.17. The van der Waals surface area contributed by atoms with E-state index in [2.05, 4.69) is 10.0 Å². The molecular weight excluding hydrogens is 396 g/mol. The minimum absolute atomic E-state index is 0.0231. The molecule has 0 aliphatic rings. The average Bonchev–Trinajstić information content (AvgIpc) is 2.69. The first-order valence-electron chi connectivity index (χ1n) is 8.56. The van der Waals surface area contributed by atoms with E-state index < -0.39 is 10.0 Å². The first-order valence-corrected chi connectivity index (χ1v) is 10.4. The Kier molecular flexibility index (Phi) is 6.02. The lowest BCUT2D eigenvalue weighted by atomic mass is 10.2.